The van der Waals surface area contributed by atoms with Crippen LogP contribution >= 0.6 is 0 Å². The minimum atomic E-state index is -0.514. The van der Waals surface area contributed by atoms with Crippen LogP contribution in [0.3, 0.4) is 0 Å². The molecule has 0 aliphatic rings. The number of hydrogen-bond acceptors (Lipinski definition) is 5. The van der Waals surface area contributed by atoms with Gasteiger partial charge in [-0.1, -0.05) is 172 Å². The van der Waals surface area contributed by atoms with Gasteiger partial charge in [0.05, 0.1) is 13.2 Å². The Kier molecular flexibility index (Phi) is 23.2. The highest BCUT2D eigenvalue weighted by atomic mass is 16.5. The van der Waals surface area contributed by atoms with Crippen LogP contribution in [0.25, 0.3) is 12.2 Å². The van der Waals surface area contributed by atoms with E-state index in [0.29, 0.717) is 17.9 Å². The fourth-order valence-electron chi connectivity index (χ4n) is 6.20. The van der Waals surface area contributed by atoms with Gasteiger partial charge < -0.3 is 14.2 Å². The van der Waals surface area contributed by atoms with Crippen LogP contribution in [0.15, 0.2) is 84.9 Å². The molecule has 0 amide bonds. The number of carbonyl (C=O) groups is 2. The van der Waals surface area contributed by atoms with E-state index in [1.807, 2.05) is 48.5 Å². The molecule has 3 rings (SSSR count). The molecule has 0 heterocycles. The van der Waals surface area contributed by atoms with Crippen molar-refractivity contribution in [3.8, 4) is 17.2 Å². The van der Waals surface area contributed by atoms with E-state index in [4.69, 9.17) is 14.2 Å². The van der Waals surface area contributed by atoms with Crippen LogP contribution in [0.5, 0.6) is 17.2 Å². The van der Waals surface area contributed by atoms with Crippen LogP contribution in [0.4, 0.5) is 0 Å². The topological polar surface area (TPSA) is 61.8 Å². The van der Waals surface area contributed by atoms with E-state index >= 15 is 0 Å². The van der Waals surface area contributed by atoms with Gasteiger partial charge in [0, 0.05) is 11.6 Å². The first-order chi connectivity index (χ1) is 26.1. The maximum Gasteiger partial charge on any atom is 0.336 e. The van der Waals surface area contributed by atoms with Crippen LogP contribution in [-0.2, 0) is 4.79 Å². The van der Waals surface area contributed by atoms with Gasteiger partial charge in [-0.2, -0.15) is 0 Å². The van der Waals surface area contributed by atoms with Crippen molar-refractivity contribution in [1.29, 1.82) is 0 Å². The summed E-state index contributed by atoms with van der Waals surface area (Å²) >= 11 is 0. The largest absolute Gasteiger partial charge is 0.494 e. The minimum absolute atomic E-state index is 0.171. The summed E-state index contributed by atoms with van der Waals surface area (Å²) in [6, 6.07) is 22.1. The third-order valence-corrected chi connectivity index (χ3v) is 9.47. The molecule has 0 aromatic heterocycles. The Hall–Kier alpha value is -4.12. The number of allylic oxidation sites excluding steroid dienone is 1. The van der Waals surface area contributed by atoms with Gasteiger partial charge in [0.25, 0.3) is 0 Å². The summed E-state index contributed by atoms with van der Waals surface area (Å²) in [5.74, 6) is 1.30. The lowest BCUT2D eigenvalue weighted by molar-refractivity contribution is -0.128. The Labute approximate surface area is 321 Å². The fraction of sp³-hybridized carbons (Fsp3) is 0.500. The third kappa shape index (κ3) is 20.6. The van der Waals surface area contributed by atoms with E-state index in [1.54, 1.807) is 36.4 Å². The molecule has 0 radical (unpaired) electrons. The molecule has 0 saturated heterocycles. The molecule has 0 atom stereocenters. The van der Waals surface area contributed by atoms with Crippen molar-refractivity contribution in [3.63, 3.8) is 0 Å². The molecule has 3 aromatic rings. The first kappa shape index (κ1) is 43.3. The van der Waals surface area contributed by atoms with Crippen LogP contribution in [-0.4, -0.2) is 25.0 Å². The highest BCUT2D eigenvalue weighted by Crippen LogP contribution is 2.19. The smallest absolute Gasteiger partial charge is 0.336 e. The molecule has 0 bridgehead atoms. The number of benzene rings is 3. The maximum atomic E-state index is 12.9. The van der Waals surface area contributed by atoms with E-state index in [9.17, 15) is 9.59 Å². The van der Waals surface area contributed by atoms with Gasteiger partial charge >= 0.3 is 5.97 Å². The quantitative estimate of drug-likeness (QED) is 0.0225. The number of esters is 1. The molecule has 0 unspecified atom stereocenters. The monoisotopic (exact) mass is 722 g/mol. The number of hydrogen-bond donors (Lipinski definition) is 0. The molecule has 5 heteroatoms. The molecule has 0 fully saturated rings. The second kappa shape index (κ2) is 28.4. The Balaban J connectivity index is 1.28. The van der Waals surface area contributed by atoms with E-state index in [0.717, 1.165) is 42.1 Å². The van der Waals surface area contributed by atoms with Gasteiger partial charge in [0.15, 0.2) is 5.78 Å². The summed E-state index contributed by atoms with van der Waals surface area (Å²) in [6.07, 6.45) is 32.6. The normalized spacial score (nSPS) is 11.4. The second-order valence-corrected chi connectivity index (χ2v) is 14.2. The van der Waals surface area contributed by atoms with Crippen LogP contribution < -0.4 is 14.2 Å². The van der Waals surface area contributed by atoms with Crippen molar-refractivity contribution in [2.75, 3.05) is 13.2 Å². The Morgan fingerprint density at radius 2 is 0.887 bits per heavy atom. The lowest BCUT2D eigenvalue weighted by atomic mass is 10.0. The average Bonchev–Trinajstić information content (AvgIpc) is 3.18. The predicted octanol–water partition coefficient (Wildman–Crippen LogP) is 13.8. The summed E-state index contributed by atoms with van der Waals surface area (Å²) < 4.78 is 17.3. The molecule has 0 aliphatic heterocycles. The van der Waals surface area contributed by atoms with Crippen LogP contribution in [0.1, 0.15) is 164 Å². The van der Waals surface area contributed by atoms with Crippen LogP contribution in [0.2, 0.25) is 0 Å². The summed E-state index contributed by atoms with van der Waals surface area (Å²) in [5.41, 5.74) is 2.22. The van der Waals surface area contributed by atoms with Crippen molar-refractivity contribution >= 4 is 23.9 Å². The molecule has 288 valence electrons. The van der Waals surface area contributed by atoms with Crippen molar-refractivity contribution in [1.82, 2.24) is 0 Å². The van der Waals surface area contributed by atoms with Crippen molar-refractivity contribution < 1.29 is 23.8 Å². The summed E-state index contributed by atoms with van der Waals surface area (Å²) in [5, 5.41) is 0. The second-order valence-electron chi connectivity index (χ2n) is 14.2. The molecule has 0 saturated carbocycles. The fourth-order valence-corrected chi connectivity index (χ4v) is 6.20. The number of ether oxygens (including phenoxy) is 3. The number of carbonyl (C=O) groups excluding carboxylic acids is 2. The highest BCUT2D eigenvalue weighted by molar-refractivity contribution is 6.07. The van der Waals surface area contributed by atoms with E-state index in [1.165, 1.54) is 128 Å². The summed E-state index contributed by atoms with van der Waals surface area (Å²) in [7, 11) is 0. The van der Waals surface area contributed by atoms with Crippen LogP contribution in [0, 0.1) is 0 Å². The van der Waals surface area contributed by atoms with E-state index in [2.05, 4.69) is 13.8 Å². The molecular weight excluding hydrogens is 657 g/mol. The first-order valence-electron chi connectivity index (χ1n) is 20.8. The van der Waals surface area contributed by atoms with Gasteiger partial charge in [-0.15, -0.1) is 0 Å². The lowest BCUT2D eigenvalue weighted by Gasteiger charge is -2.07. The van der Waals surface area contributed by atoms with Gasteiger partial charge in [0.1, 0.15) is 17.2 Å². The van der Waals surface area contributed by atoms with Crippen molar-refractivity contribution in [3.05, 3.63) is 102 Å². The molecular formula is C48H66O5. The third-order valence-electron chi connectivity index (χ3n) is 9.47. The van der Waals surface area contributed by atoms with Crippen molar-refractivity contribution in [2.24, 2.45) is 0 Å². The lowest BCUT2D eigenvalue weighted by Crippen LogP contribution is -2.04. The van der Waals surface area contributed by atoms with Gasteiger partial charge in [-0.3, -0.25) is 4.79 Å². The molecule has 3 aromatic carbocycles. The Bertz CT molecular complexity index is 1450. The van der Waals surface area contributed by atoms with Gasteiger partial charge in [-0.05, 0) is 72.5 Å². The predicted molar refractivity (Wildman–Crippen MR) is 222 cm³/mol. The molecule has 53 heavy (non-hydrogen) atoms. The highest BCUT2D eigenvalue weighted by Gasteiger charge is 2.07. The molecule has 0 aliphatic carbocycles. The zero-order valence-corrected chi connectivity index (χ0v) is 32.8. The first-order valence-corrected chi connectivity index (χ1v) is 20.8. The zero-order valence-electron chi connectivity index (χ0n) is 32.8. The molecule has 5 nitrogen and oxygen atoms in total. The summed E-state index contributed by atoms with van der Waals surface area (Å²) in [4.78, 5) is 25.4. The molecule has 0 spiro atoms. The Morgan fingerprint density at radius 1 is 0.472 bits per heavy atom. The number of rotatable bonds is 30. The van der Waals surface area contributed by atoms with Gasteiger partial charge in [-0.25, -0.2) is 4.79 Å². The summed E-state index contributed by atoms with van der Waals surface area (Å²) in [6.45, 7) is 5.95. The minimum Gasteiger partial charge on any atom is -0.494 e. The SMILES string of the molecule is CCCCCCCCCCCCCCCCOc1ccc(/C=C/C(=O)c2cccc(OC(=O)/C=C/c3ccc(OCCCCCCCC)cc3)c2)cc1. The average molecular weight is 723 g/mol. The van der Waals surface area contributed by atoms with Crippen molar-refractivity contribution in [2.45, 2.75) is 142 Å². The van der Waals surface area contributed by atoms with E-state index < -0.39 is 5.97 Å². The molecule has 0 N–H and O–H groups in total. The number of ketones is 1. The maximum absolute atomic E-state index is 12.9. The standard InChI is InChI=1S/C48H66O5/c1-3-5-7-9-11-12-13-14-15-16-17-18-20-22-39-52-44-32-26-41(27-33-44)30-36-47(49)43-24-23-25-46(40-43)53-48(50)37-31-42-28-34-45(35-29-42)51-38-21-19-10-8-6-4-2/h23-37,40H,3-22,38-39H2,1-2H3/b36-30+,37-31+. The van der Waals surface area contributed by atoms with Gasteiger partial charge in [0.2, 0.25) is 0 Å². The Morgan fingerprint density at radius 3 is 1.34 bits per heavy atom. The number of unbranched alkanes of at least 4 members (excludes halogenated alkanes) is 18. The zero-order chi connectivity index (χ0) is 37.6. The van der Waals surface area contributed by atoms with E-state index in [-0.39, 0.29) is 5.78 Å².